The quantitative estimate of drug-likeness (QED) is 0.137. The summed E-state index contributed by atoms with van der Waals surface area (Å²) < 4.78 is 12.0. The Morgan fingerprint density at radius 3 is 2.19 bits per heavy atom. The molecule has 4 N–H and O–H groups in total. The molecule has 2 bridgehead atoms. The first-order valence-corrected chi connectivity index (χ1v) is 16.2. The molecule has 0 aromatic heterocycles. The Kier molecular flexibility index (Phi) is 9.74. The summed E-state index contributed by atoms with van der Waals surface area (Å²) in [6, 6.07) is 0. The lowest BCUT2D eigenvalue weighted by Gasteiger charge is -2.52. The molecular formula is C34H54O8. The molecule has 0 aromatic rings. The third-order valence-corrected chi connectivity index (χ3v) is 11.3. The number of hydrogen-bond donors (Lipinski definition) is 4. The van der Waals surface area contributed by atoms with Crippen molar-refractivity contribution in [3.8, 4) is 0 Å². The van der Waals surface area contributed by atoms with Gasteiger partial charge >= 0.3 is 11.9 Å². The Morgan fingerprint density at radius 2 is 1.62 bits per heavy atom. The minimum absolute atomic E-state index is 0.162. The van der Waals surface area contributed by atoms with Gasteiger partial charge < -0.3 is 29.9 Å². The number of hydrogen-bond acceptors (Lipinski definition) is 8. The zero-order valence-corrected chi connectivity index (χ0v) is 26.5. The van der Waals surface area contributed by atoms with Crippen LogP contribution in [-0.4, -0.2) is 68.5 Å². The number of rotatable bonds is 13. The summed E-state index contributed by atoms with van der Waals surface area (Å²) in [6.07, 6.45) is 10.6. The van der Waals surface area contributed by atoms with Gasteiger partial charge in [0.25, 0.3) is 0 Å². The summed E-state index contributed by atoms with van der Waals surface area (Å²) in [5.74, 6) is -2.24. The van der Waals surface area contributed by atoms with Crippen LogP contribution in [0.1, 0.15) is 112 Å². The smallest absolute Gasteiger partial charge is 0.306 e. The van der Waals surface area contributed by atoms with E-state index in [1.807, 2.05) is 20.8 Å². The maximum Gasteiger partial charge on any atom is 0.306 e. The summed E-state index contributed by atoms with van der Waals surface area (Å²) in [5.41, 5.74) is -4.18. The number of carbonyl (C=O) groups excluding carboxylic acids is 2. The van der Waals surface area contributed by atoms with Crippen LogP contribution >= 0.6 is 0 Å². The molecule has 0 aliphatic heterocycles. The first-order chi connectivity index (χ1) is 19.8. The summed E-state index contributed by atoms with van der Waals surface area (Å²) in [5, 5.41) is 46.6. The van der Waals surface area contributed by atoms with Gasteiger partial charge in [-0.1, -0.05) is 91.2 Å². The molecule has 1 spiro atoms. The molecule has 1 unspecified atom stereocenters. The van der Waals surface area contributed by atoms with E-state index in [1.165, 1.54) is 45.4 Å². The van der Waals surface area contributed by atoms with Crippen LogP contribution in [0, 0.1) is 28.6 Å². The second-order valence-electron chi connectivity index (χ2n) is 14.2. The second kappa shape index (κ2) is 12.3. The van der Waals surface area contributed by atoms with E-state index in [1.54, 1.807) is 19.1 Å². The van der Waals surface area contributed by atoms with Crippen LogP contribution < -0.4 is 0 Å². The Hall–Kier alpha value is -1.74. The lowest BCUT2D eigenvalue weighted by Crippen LogP contribution is -2.67. The molecule has 0 heterocycles. The minimum Gasteiger partial charge on any atom is -0.458 e. The largest absolute Gasteiger partial charge is 0.458 e. The van der Waals surface area contributed by atoms with Gasteiger partial charge in [0.1, 0.15) is 17.3 Å². The lowest BCUT2D eigenvalue weighted by atomic mass is 9.58. The van der Waals surface area contributed by atoms with Gasteiger partial charge in [0, 0.05) is 30.6 Å². The van der Waals surface area contributed by atoms with Gasteiger partial charge in [0.2, 0.25) is 0 Å². The van der Waals surface area contributed by atoms with Crippen molar-refractivity contribution in [1.29, 1.82) is 0 Å². The fraction of sp³-hybridized carbons (Fsp3) is 0.824. The Balaban J connectivity index is 1.57. The summed E-state index contributed by atoms with van der Waals surface area (Å²) in [4.78, 5) is 25.4. The van der Waals surface area contributed by atoms with Gasteiger partial charge in [0.05, 0.1) is 18.1 Å². The third-order valence-electron chi connectivity index (χ3n) is 11.3. The first-order valence-electron chi connectivity index (χ1n) is 16.2. The number of fused-ring (bicyclic) bond motifs is 3. The molecule has 2 fully saturated rings. The molecule has 0 aromatic carbocycles. The van der Waals surface area contributed by atoms with E-state index >= 15 is 0 Å². The molecule has 4 aliphatic rings. The predicted molar refractivity (Wildman–Crippen MR) is 159 cm³/mol. The molecule has 0 radical (unpaired) electrons. The van der Waals surface area contributed by atoms with Crippen molar-refractivity contribution in [1.82, 2.24) is 0 Å². The number of esters is 2. The van der Waals surface area contributed by atoms with Gasteiger partial charge in [-0.25, -0.2) is 0 Å². The molecule has 4 rings (SSSR count). The van der Waals surface area contributed by atoms with Crippen LogP contribution in [0.5, 0.6) is 0 Å². The molecule has 2 saturated carbocycles. The highest BCUT2D eigenvalue weighted by Crippen LogP contribution is 2.76. The van der Waals surface area contributed by atoms with E-state index in [0.717, 1.165) is 19.3 Å². The molecule has 9 atom stereocenters. The van der Waals surface area contributed by atoms with Crippen molar-refractivity contribution in [3.63, 3.8) is 0 Å². The average molecular weight is 591 g/mol. The van der Waals surface area contributed by atoms with Crippen LogP contribution in [0.4, 0.5) is 0 Å². The maximum atomic E-state index is 13.3. The second-order valence-corrected chi connectivity index (χ2v) is 14.2. The standard InChI is InChI=1S/C34H54O8/c1-7-8-9-10-11-12-13-14-15-16-26(37)42-33-19-22(3)32-18-21(2)30(41-23(4)36)34(32,40)28(38)24(20-35)17-25(29(32)39)27(33)31(33,5)6/h17-18,22,25,27-30,35,38-40H,7-16,19-20H2,1-6H3/t22-,25+,27-,28-,29?,30+,32+,33+,34+/m1/s1. The Bertz CT molecular complexity index is 1080. The SMILES string of the molecule is CCCCCCCCCCCC(=O)O[C@@]12C[C@@H](C)[C@]34C=C(C)[C@H](OC(C)=O)[C@@]3(O)[C@H](O)C(CO)=C[C@H](C4O)[C@@H]1C2(C)C. The first kappa shape index (κ1) is 33.2. The van der Waals surface area contributed by atoms with E-state index in [9.17, 15) is 30.0 Å². The highest BCUT2D eigenvalue weighted by Gasteiger charge is 2.83. The Morgan fingerprint density at radius 1 is 1.02 bits per heavy atom. The third kappa shape index (κ3) is 5.08. The van der Waals surface area contributed by atoms with Crippen molar-refractivity contribution in [3.05, 3.63) is 23.3 Å². The minimum atomic E-state index is -2.12. The molecular weight excluding hydrogens is 536 g/mol. The predicted octanol–water partition coefficient (Wildman–Crippen LogP) is 4.76. The topological polar surface area (TPSA) is 134 Å². The van der Waals surface area contributed by atoms with Crippen molar-refractivity contribution >= 4 is 11.9 Å². The van der Waals surface area contributed by atoms with Crippen molar-refractivity contribution in [2.75, 3.05) is 6.61 Å². The Labute approximate surface area is 251 Å². The van der Waals surface area contributed by atoms with E-state index in [4.69, 9.17) is 9.47 Å². The van der Waals surface area contributed by atoms with E-state index in [2.05, 4.69) is 6.92 Å². The zero-order chi connectivity index (χ0) is 31.1. The number of aliphatic hydroxyl groups is 4. The lowest BCUT2D eigenvalue weighted by molar-refractivity contribution is -0.225. The highest BCUT2D eigenvalue weighted by atomic mass is 16.6. The van der Waals surface area contributed by atoms with Crippen molar-refractivity contribution in [2.24, 2.45) is 28.6 Å². The molecule has 0 amide bonds. The summed E-state index contributed by atoms with van der Waals surface area (Å²) in [6.45, 7) is 10.6. The van der Waals surface area contributed by atoms with Crippen molar-refractivity contribution < 1.29 is 39.5 Å². The van der Waals surface area contributed by atoms with Crippen LogP contribution in [0.2, 0.25) is 0 Å². The molecule has 42 heavy (non-hydrogen) atoms. The highest BCUT2D eigenvalue weighted by molar-refractivity contribution is 5.71. The zero-order valence-electron chi connectivity index (χ0n) is 26.5. The molecule has 4 aliphatic carbocycles. The molecule has 0 saturated heterocycles. The van der Waals surface area contributed by atoms with Gasteiger partial charge in [-0.15, -0.1) is 0 Å². The van der Waals surface area contributed by atoms with Crippen LogP contribution in [-0.2, 0) is 19.1 Å². The van der Waals surface area contributed by atoms with Crippen LogP contribution in [0.15, 0.2) is 23.3 Å². The van der Waals surface area contributed by atoms with Gasteiger partial charge in [0.15, 0.2) is 6.10 Å². The fourth-order valence-corrected chi connectivity index (χ4v) is 9.20. The average Bonchev–Trinajstić information content (AvgIpc) is 3.32. The number of aliphatic hydroxyl groups excluding tert-OH is 3. The molecule has 238 valence electrons. The number of carbonyl (C=O) groups is 2. The van der Waals surface area contributed by atoms with E-state index in [-0.39, 0.29) is 17.5 Å². The maximum absolute atomic E-state index is 13.3. The number of ether oxygens (including phenoxy) is 2. The normalized spacial score (nSPS) is 39.7. The fourth-order valence-electron chi connectivity index (χ4n) is 9.20. The molecule has 8 heteroatoms. The van der Waals surface area contributed by atoms with E-state index < -0.39 is 64.8 Å². The van der Waals surface area contributed by atoms with Crippen LogP contribution in [0.25, 0.3) is 0 Å². The summed E-state index contributed by atoms with van der Waals surface area (Å²) in [7, 11) is 0. The number of unbranched alkanes of at least 4 members (excludes halogenated alkanes) is 8. The van der Waals surface area contributed by atoms with Gasteiger partial charge in [-0.2, -0.15) is 0 Å². The monoisotopic (exact) mass is 590 g/mol. The van der Waals surface area contributed by atoms with Crippen LogP contribution in [0.3, 0.4) is 0 Å². The summed E-state index contributed by atoms with van der Waals surface area (Å²) >= 11 is 0. The van der Waals surface area contributed by atoms with Gasteiger partial charge in [-0.05, 0) is 36.8 Å². The van der Waals surface area contributed by atoms with Gasteiger partial charge in [-0.3, -0.25) is 9.59 Å². The molecule has 8 nitrogen and oxygen atoms in total. The van der Waals surface area contributed by atoms with E-state index in [0.29, 0.717) is 18.4 Å². The van der Waals surface area contributed by atoms with Crippen molar-refractivity contribution in [2.45, 2.75) is 142 Å².